The van der Waals surface area contributed by atoms with Gasteiger partial charge in [-0.15, -0.1) is 0 Å². The Balaban J connectivity index is 1.96. The minimum Gasteiger partial charge on any atom is -0.346 e. The second-order valence-electron chi connectivity index (χ2n) is 6.82. The summed E-state index contributed by atoms with van der Waals surface area (Å²) in [4.78, 5) is 19.7. The van der Waals surface area contributed by atoms with Gasteiger partial charge in [0.1, 0.15) is 5.82 Å². The number of aryl methyl sites for hydroxylation is 1. The molecule has 27 heavy (non-hydrogen) atoms. The Morgan fingerprint density at radius 1 is 1.22 bits per heavy atom. The molecule has 2 heterocycles. The molecular weight excluding hydrogens is 361 g/mol. The number of thioether (sulfide) groups is 1. The van der Waals surface area contributed by atoms with Gasteiger partial charge < -0.3 is 4.57 Å². The molecule has 1 saturated heterocycles. The summed E-state index contributed by atoms with van der Waals surface area (Å²) in [6, 6.07) is 8.44. The number of likely N-dealkylation sites (N-methyl/N-ethyl adjacent to an activating group) is 1. The Hall–Kier alpha value is -2.34. The highest BCUT2D eigenvalue weighted by atomic mass is 32.2. The summed E-state index contributed by atoms with van der Waals surface area (Å²) >= 11 is 1.36. The van der Waals surface area contributed by atoms with Gasteiger partial charge in [-0.2, -0.15) is 0 Å². The molecule has 142 valence electrons. The first-order valence-electron chi connectivity index (χ1n) is 9.06. The molecular formula is C21H24FN3OS. The highest BCUT2D eigenvalue weighted by Gasteiger charge is 2.32. The SMILES string of the molecule is CCN1C(=O)/C(=C\c2cc(C)n(C(C)C)c2C)SC1=Nc1ccc(F)cc1. The van der Waals surface area contributed by atoms with Crippen LogP contribution in [0.25, 0.3) is 6.08 Å². The van der Waals surface area contributed by atoms with Gasteiger partial charge in [0.2, 0.25) is 0 Å². The number of nitrogens with zero attached hydrogens (tertiary/aromatic N) is 3. The number of hydrogen-bond acceptors (Lipinski definition) is 3. The van der Waals surface area contributed by atoms with Crippen LogP contribution in [0.15, 0.2) is 40.2 Å². The second-order valence-corrected chi connectivity index (χ2v) is 7.83. The molecule has 3 rings (SSSR count). The van der Waals surface area contributed by atoms with Crippen molar-refractivity contribution in [3.05, 3.63) is 58.0 Å². The number of benzene rings is 1. The van der Waals surface area contributed by atoms with E-state index in [1.165, 1.54) is 29.6 Å². The maximum absolute atomic E-state index is 13.1. The van der Waals surface area contributed by atoms with E-state index in [-0.39, 0.29) is 11.7 Å². The molecule has 0 atom stereocenters. The summed E-state index contributed by atoms with van der Waals surface area (Å²) in [6.07, 6.45) is 1.95. The predicted molar refractivity (Wildman–Crippen MR) is 111 cm³/mol. The van der Waals surface area contributed by atoms with Gasteiger partial charge in [-0.25, -0.2) is 9.38 Å². The number of aromatic nitrogens is 1. The topological polar surface area (TPSA) is 37.6 Å². The van der Waals surface area contributed by atoms with Gasteiger partial charge in [-0.05, 0) is 88.4 Å². The molecule has 1 aliphatic heterocycles. The summed E-state index contributed by atoms with van der Waals surface area (Å²) in [5, 5.41) is 0.623. The van der Waals surface area contributed by atoms with Crippen LogP contribution in [0.1, 0.15) is 43.8 Å². The lowest BCUT2D eigenvalue weighted by Crippen LogP contribution is -2.28. The maximum atomic E-state index is 13.1. The first-order valence-corrected chi connectivity index (χ1v) is 9.87. The van der Waals surface area contributed by atoms with E-state index in [1.54, 1.807) is 17.0 Å². The van der Waals surface area contributed by atoms with Crippen molar-refractivity contribution in [2.75, 3.05) is 6.54 Å². The van der Waals surface area contributed by atoms with E-state index in [4.69, 9.17) is 0 Å². The Bertz CT molecular complexity index is 926. The fraction of sp³-hybridized carbons (Fsp3) is 0.333. The van der Waals surface area contributed by atoms with Crippen LogP contribution in [-0.4, -0.2) is 27.1 Å². The average molecular weight is 386 g/mol. The third kappa shape index (κ3) is 3.86. The van der Waals surface area contributed by atoms with E-state index in [1.807, 2.05) is 13.0 Å². The van der Waals surface area contributed by atoms with Crippen LogP contribution in [0.2, 0.25) is 0 Å². The highest BCUT2D eigenvalue weighted by molar-refractivity contribution is 8.18. The lowest BCUT2D eigenvalue weighted by molar-refractivity contribution is -0.122. The lowest BCUT2D eigenvalue weighted by Gasteiger charge is -2.13. The second kappa shape index (κ2) is 7.72. The summed E-state index contributed by atoms with van der Waals surface area (Å²) in [7, 11) is 0. The largest absolute Gasteiger partial charge is 0.346 e. The van der Waals surface area contributed by atoms with E-state index < -0.39 is 0 Å². The summed E-state index contributed by atoms with van der Waals surface area (Å²) < 4.78 is 15.4. The molecule has 6 heteroatoms. The first-order chi connectivity index (χ1) is 12.8. The van der Waals surface area contributed by atoms with Gasteiger partial charge in [0, 0.05) is 24.0 Å². The van der Waals surface area contributed by atoms with Crippen molar-refractivity contribution < 1.29 is 9.18 Å². The Morgan fingerprint density at radius 3 is 2.44 bits per heavy atom. The van der Waals surface area contributed by atoms with Gasteiger partial charge >= 0.3 is 0 Å². The third-order valence-electron chi connectivity index (χ3n) is 4.58. The zero-order valence-corrected chi connectivity index (χ0v) is 17.1. The zero-order chi connectivity index (χ0) is 19.7. The molecule has 1 aliphatic rings. The summed E-state index contributed by atoms with van der Waals surface area (Å²) in [5.41, 5.74) is 4.01. The maximum Gasteiger partial charge on any atom is 0.266 e. The Labute approximate surface area is 163 Å². The minimum atomic E-state index is -0.303. The average Bonchev–Trinajstić information content (AvgIpc) is 3.06. The zero-order valence-electron chi connectivity index (χ0n) is 16.3. The molecule has 0 bridgehead atoms. The van der Waals surface area contributed by atoms with Crippen molar-refractivity contribution in [1.29, 1.82) is 0 Å². The molecule has 1 fully saturated rings. The Morgan fingerprint density at radius 2 is 1.89 bits per heavy atom. The van der Waals surface area contributed by atoms with Crippen LogP contribution in [0, 0.1) is 19.7 Å². The van der Waals surface area contributed by atoms with Gasteiger partial charge in [0.05, 0.1) is 10.6 Å². The number of amides is 1. The molecule has 1 aromatic carbocycles. The number of amidine groups is 1. The van der Waals surface area contributed by atoms with Gasteiger partial charge in [-0.3, -0.25) is 9.69 Å². The molecule has 2 aromatic rings. The van der Waals surface area contributed by atoms with Crippen molar-refractivity contribution in [1.82, 2.24) is 9.47 Å². The van der Waals surface area contributed by atoms with Gasteiger partial charge in [-0.1, -0.05) is 0 Å². The monoisotopic (exact) mass is 385 g/mol. The van der Waals surface area contributed by atoms with Crippen molar-refractivity contribution in [2.24, 2.45) is 4.99 Å². The molecule has 1 amide bonds. The molecule has 0 aliphatic carbocycles. The number of halogens is 1. The van der Waals surface area contributed by atoms with E-state index in [2.05, 4.69) is 43.3 Å². The number of aliphatic imine (C=N–C) groups is 1. The first kappa shape index (κ1) is 19.4. The van der Waals surface area contributed by atoms with Crippen molar-refractivity contribution >= 4 is 34.6 Å². The quantitative estimate of drug-likeness (QED) is 0.657. The van der Waals surface area contributed by atoms with E-state index >= 15 is 0 Å². The van der Waals surface area contributed by atoms with Crippen LogP contribution in [0.3, 0.4) is 0 Å². The Kier molecular flexibility index (Phi) is 5.56. The smallest absolute Gasteiger partial charge is 0.266 e. The number of rotatable bonds is 4. The van der Waals surface area contributed by atoms with Crippen LogP contribution in [-0.2, 0) is 4.79 Å². The minimum absolute atomic E-state index is 0.0438. The molecule has 4 nitrogen and oxygen atoms in total. The summed E-state index contributed by atoms with van der Waals surface area (Å²) in [5.74, 6) is -0.347. The third-order valence-corrected chi connectivity index (χ3v) is 5.59. The van der Waals surface area contributed by atoms with Crippen molar-refractivity contribution in [3.8, 4) is 0 Å². The molecule has 0 radical (unpaired) electrons. The molecule has 0 spiro atoms. The highest BCUT2D eigenvalue weighted by Crippen LogP contribution is 2.35. The fourth-order valence-corrected chi connectivity index (χ4v) is 4.43. The van der Waals surface area contributed by atoms with Crippen LogP contribution in [0.4, 0.5) is 10.1 Å². The van der Waals surface area contributed by atoms with Crippen molar-refractivity contribution in [3.63, 3.8) is 0 Å². The summed E-state index contributed by atoms with van der Waals surface area (Å²) in [6.45, 7) is 10.9. The van der Waals surface area contributed by atoms with Crippen LogP contribution < -0.4 is 0 Å². The molecule has 0 saturated carbocycles. The molecule has 0 N–H and O–H groups in total. The normalized spacial score (nSPS) is 17.7. The molecule has 0 unspecified atom stereocenters. The number of hydrogen-bond donors (Lipinski definition) is 0. The number of carbonyl (C=O) groups is 1. The molecule has 1 aromatic heterocycles. The van der Waals surface area contributed by atoms with E-state index in [9.17, 15) is 9.18 Å². The van der Waals surface area contributed by atoms with E-state index in [0.717, 1.165) is 11.3 Å². The predicted octanol–water partition coefficient (Wildman–Crippen LogP) is 5.45. The van der Waals surface area contributed by atoms with Gasteiger partial charge in [0.25, 0.3) is 5.91 Å². The standard InChI is InChI=1S/C21H24FN3OS/c1-6-24-20(26)19(12-16-11-14(4)25(13(2)3)15(16)5)27-21(24)23-18-9-7-17(22)8-10-18/h7-13H,6H2,1-5H3/b19-12+,23-21?. The fourth-order valence-electron chi connectivity index (χ4n) is 3.38. The number of carbonyl (C=O) groups excluding carboxylic acids is 1. The van der Waals surface area contributed by atoms with Crippen molar-refractivity contribution in [2.45, 2.75) is 40.7 Å². The van der Waals surface area contributed by atoms with Gasteiger partial charge in [0.15, 0.2) is 5.17 Å². The van der Waals surface area contributed by atoms with Crippen LogP contribution in [0.5, 0.6) is 0 Å². The lowest BCUT2D eigenvalue weighted by atomic mass is 10.2. The van der Waals surface area contributed by atoms with E-state index in [0.29, 0.717) is 28.3 Å². The van der Waals surface area contributed by atoms with Crippen LogP contribution >= 0.6 is 11.8 Å².